The van der Waals surface area contributed by atoms with Crippen LogP contribution in [0.2, 0.25) is 0 Å². The fourth-order valence-corrected chi connectivity index (χ4v) is 2.14. The molecule has 0 radical (unpaired) electrons. The first kappa shape index (κ1) is 17.3. The molecule has 0 fully saturated rings. The maximum Gasteiger partial charge on any atom is 0.259 e. The van der Waals surface area contributed by atoms with Crippen molar-refractivity contribution in [3.05, 3.63) is 0 Å². The van der Waals surface area contributed by atoms with Crippen molar-refractivity contribution in [1.29, 1.82) is 5.26 Å². The SMILES string of the molecule is CCN(C#N)C(=O)C(CS(C)(=O)=O)NC(=O)COC. The highest BCUT2D eigenvalue weighted by Gasteiger charge is 2.28. The molecule has 0 aromatic rings. The Balaban J connectivity index is 5.01. The molecule has 1 unspecified atom stereocenters. The minimum Gasteiger partial charge on any atom is -0.375 e. The molecule has 0 aromatic carbocycles. The van der Waals surface area contributed by atoms with Gasteiger partial charge >= 0.3 is 0 Å². The average Bonchev–Trinajstić information content (AvgIpc) is 2.28. The maximum absolute atomic E-state index is 11.9. The average molecular weight is 291 g/mol. The smallest absolute Gasteiger partial charge is 0.259 e. The Morgan fingerprint density at radius 1 is 1.47 bits per heavy atom. The Hall–Kier alpha value is -1.66. The number of nitrogens with zero attached hydrogens (tertiary/aromatic N) is 2. The standard InChI is InChI=1S/C10H17N3O5S/c1-4-13(7-11)10(15)8(6-19(3,16)17)12-9(14)5-18-2/h8H,4-6H2,1-3H3,(H,12,14). The number of carbonyl (C=O) groups excluding carboxylic acids is 2. The van der Waals surface area contributed by atoms with Crippen LogP contribution in [0.1, 0.15) is 6.92 Å². The number of hydrogen-bond acceptors (Lipinski definition) is 6. The van der Waals surface area contributed by atoms with Gasteiger partial charge in [-0.2, -0.15) is 5.26 Å². The minimum atomic E-state index is -3.49. The zero-order valence-electron chi connectivity index (χ0n) is 11.0. The predicted molar refractivity (Wildman–Crippen MR) is 66.5 cm³/mol. The van der Waals surface area contributed by atoms with E-state index < -0.39 is 33.4 Å². The van der Waals surface area contributed by atoms with Gasteiger partial charge in [-0.1, -0.05) is 0 Å². The minimum absolute atomic E-state index is 0.0930. The van der Waals surface area contributed by atoms with E-state index >= 15 is 0 Å². The van der Waals surface area contributed by atoms with E-state index in [4.69, 9.17) is 5.26 Å². The molecule has 1 N–H and O–H groups in total. The van der Waals surface area contributed by atoms with E-state index in [0.717, 1.165) is 11.2 Å². The number of nitrogens with one attached hydrogen (secondary N) is 1. The van der Waals surface area contributed by atoms with Gasteiger partial charge in [0.1, 0.15) is 22.5 Å². The van der Waals surface area contributed by atoms with E-state index in [1.165, 1.54) is 7.11 Å². The number of carbonyl (C=O) groups is 2. The summed E-state index contributed by atoms with van der Waals surface area (Å²) in [7, 11) is -2.20. The normalized spacial score (nSPS) is 12.3. The lowest BCUT2D eigenvalue weighted by atomic mass is 10.3. The van der Waals surface area contributed by atoms with Crippen molar-refractivity contribution in [2.24, 2.45) is 0 Å². The number of rotatable bonds is 7. The van der Waals surface area contributed by atoms with Crippen LogP contribution in [0.15, 0.2) is 0 Å². The number of methoxy groups -OCH3 is 1. The first-order chi connectivity index (χ1) is 8.75. The van der Waals surface area contributed by atoms with Crippen LogP contribution in [0.3, 0.4) is 0 Å². The first-order valence-electron chi connectivity index (χ1n) is 5.42. The zero-order valence-corrected chi connectivity index (χ0v) is 11.9. The Morgan fingerprint density at radius 2 is 2.05 bits per heavy atom. The van der Waals surface area contributed by atoms with Crippen molar-refractivity contribution in [1.82, 2.24) is 10.2 Å². The highest BCUT2D eigenvalue weighted by molar-refractivity contribution is 7.90. The van der Waals surface area contributed by atoms with Crippen LogP contribution in [-0.4, -0.2) is 63.4 Å². The molecule has 0 bridgehead atoms. The fraction of sp³-hybridized carbons (Fsp3) is 0.700. The Kier molecular flexibility index (Phi) is 7.03. The van der Waals surface area contributed by atoms with Crippen LogP contribution >= 0.6 is 0 Å². The molecule has 2 amide bonds. The molecule has 0 rings (SSSR count). The lowest BCUT2D eigenvalue weighted by Crippen LogP contribution is -2.51. The van der Waals surface area contributed by atoms with Crippen molar-refractivity contribution in [2.75, 3.05) is 32.3 Å². The molecular weight excluding hydrogens is 274 g/mol. The number of ether oxygens (including phenoxy) is 1. The number of hydrogen-bond donors (Lipinski definition) is 1. The summed E-state index contributed by atoms with van der Waals surface area (Å²) in [5.41, 5.74) is 0. The van der Waals surface area contributed by atoms with Crippen molar-refractivity contribution in [3.63, 3.8) is 0 Å². The molecule has 19 heavy (non-hydrogen) atoms. The molecule has 0 aromatic heterocycles. The second-order valence-corrected chi connectivity index (χ2v) is 6.01. The molecule has 108 valence electrons. The number of nitriles is 1. The molecule has 0 saturated heterocycles. The van der Waals surface area contributed by atoms with Gasteiger partial charge in [-0.3, -0.25) is 9.59 Å². The molecule has 0 saturated carbocycles. The Labute approximate surface area is 112 Å². The van der Waals surface area contributed by atoms with Crippen LogP contribution < -0.4 is 5.32 Å². The summed E-state index contributed by atoms with van der Waals surface area (Å²) in [6.07, 6.45) is 2.57. The summed E-state index contributed by atoms with van der Waals surface area (Å²) >= 11 is 0. The lowest BCUT2D eigenvalue weighted by molar-refractivity contribution is -0.134. The molecule has 0 spiro atoms. The van der Waals surface area contributed by atoms with Crippen molar-refractivity contribution < 1.29 is 22.7 Å². The van der Waals surface area contributed by atoms with Crippen LogP contribution in [0.5, 0.6) is 0 Å². The van der Waals surface area contributed by atoms with E-state index in [0.29, 0.717) is 0 Å². The monoisotopic (exact) mass is 291 g/mol. The quantitative estimate of drug-likeness (QED) is 0.450. The van der Waals surface area contributed by atoms with Gasteiger partial charge in [-0.15, -0.1) is 0 Å². The summed E-state index contributed by atoms with van der Waals surface area (Å²) in [4.78, 5) is 24.0. The topological polar surface area (TPSA) is 117 Å². The van der Waals surface area contributed by atoms with Gasteiger partial charge in [-0.25, -0.2) is 13.3 Å². The van der Waals surface area contributed by atoms with E-state index in [9.17, 15) is 18.0 Å². The van der Waals surface area contributed by atoms with Gasteiger partial charge in [0.05, 0.1) is 5.75 Å². The van der Waals surface area contributed by atoms with E-state index in [-0.39, 0.29) is 13.2 Å². The molecule has 1 atom stereocenters. The summed E-state index contributed by atoms with van der Waals surface area (Å²) in [6.45, 7) is 1.36. The van der Waals surface area contributed by atoms with Crippen LogP contribution in [0.4, 0.5) is 0 Å². The summed E-state index contributed by atoms with van der Waals surface area (Å²) in [5, 5.41) is 11.0. The second kappa shape index (κ2) is 7.70. The van der Waals surface area contributed by atoms with Crippen molar-refractivity contribution >= 4 is 21.7 Å². The summed E-state index contributed by atoms with van der Waals surface area (Å²) in [6, 6.07) is -1.29. The van der Waals surface area contributed by atoms with Gasteiger partial charge < -0.3 is 10.1 Å². The van der Waals surface area contributed by atoms with Crippen LogP contribution in [0, 0.1) is 11.5 Å². The Bertz CT molecular complexity index is 468. The van der Waals surface area contributed by atoms with Gasteiger partial charge in [0.25, 0.3) is 5.91 Å². The zero-order chi connectivity index (χ0) is 15.1. The summed E-state index contributed by atoms with van der Waals surface area (Å²) in [5.74, 6) is -1.96. The predicted octanol–water partition coefficient (Wildman–Crippen LogP) is -1.51. The lowest BCUT2D eigenvalue weighted by Gasteiger charge is -2.20. The molecule has 0 heterocycles. The van der Waals surface area contributed by atoms with Gasteiger partial charge in [-0.05, 0) is 6.92 Å². The van der Waals surface area contributed by atoms with Gasteiger partial charge in [0.15, 0.2) is 6.19 Å². The molecule has 0 aliphatic heterocycles. The van der Waals surface area contributed by atoms with Crippen LogP contribution in [0.25, 0.3) is 0 Å². The Morgan fingerprint density at radius 3 is 2.42 bits per heavy atom. The maximum atomic E-state index is 11.9. The van der Waals surface area contributed by atoms with E-state index in [2.05, 4.69) is 10.1 Å². The molecule has 9 heteroatoms. The number of amides is 2. The highest BCUT2D eigenvalue weighted by Crippen LogP contribution is 1.99. The third-order valence-corrected chi connectivity index (χ3v) is 3.02. The van der Waals surface area contributed by atoms with Crippen molar-refractivity contribution in [2.45, 2.75) is 13.0 Å². The van der Waals surface area contributed by atoms with E-state index in [1.807, 2.05) is 0 Å². The molecule has 0 aliphatic carbocycles. The number of sulfone groups is 1. The van der Waals surface area contributed by atoms with E-state index in [1.54, 1.807) is 13.1 Å². The van der Waals surface area contributed by atoms with Gasteiger partial charge in [0, 0.05) is 19.9 Å². The largest absolute Gasteiger partial charge is 0.375 e. The first-order valence-corrected chi connectivity index (χ1v) is 7.48. The second-order valence-electron chi connectivity index (χ2n) is 3.83. The van der Waals surface area contributed by atoms with Gasteiger partial charge in [0.2, 0.25) is 5.91 Å². The molecule has 0 aliphatic rings. The van der Waals surface area contributed by atoms with Crippen LogP contribution in [-0.2, 0) is 24.2 Å². The number of likely N-dealkylation sites (N-methyl/N-ethyl adjacent to an activating group) is 1. The van der Waals surface area contributed by atoms with Crippen molar-refractivity contribution in [3.8, 4) is 6.19 Å². The fourth-order valence-electron chi connectivity index (χ4n) is 1.31. The molecular formula is C10H17N3O5S. The third kappa shape index (κ3) is 6.73. The summed E-state index contributed by atoms with van der Waals surface area (Å²) < 4.78 is 27.1. The third-order valence-electron chi connectivity index (χ3n) is 2.08. The molecule has 8 nitrogen and oxygen atoms in total. The highest BCUT2D eigenvalue weighted by atomic mass is 32.2.